The lowest BCUT2D eigenvalue weighted by atomic mass is 10.2. The Bertz CT molecular complexity index is 795. The molecule has 1 aromatic carbocycles. The number of fused-ring (bicyclic) bond motifs is 1. The Kier molecular flexibility index (Phi) is 3.40. The van der Waals surface area contributed by atoms with Crippen LogP contribution in [-0.4, -0.2) is 22.9 Å². The molecular formula is C15H11F3N2O2. The van der Waals surface area contributed by atoms with E-state index in [0.29, 0.717) is 22.7 Å². The quantitative estimate of drug-likeness (QED) is 0.736. The Labute approximate surface area is 123 Å². The first-order valence-electron chi connectivity index (χ1n) is 6.33. The number of imidazole rings is 1. The smallest absolute Gasteiger partial charge is 0.497 e. The second kappa shape index (κ2) is 5.25. The van der Waals surface area contributed by atoms with Crippen LogP contribution in [0.4, 0.5) is 13.2 Å². The molecule has 0 saturated carbocycles. The van der Waals surface area contributed by atoms with Gasteiger partial charge in [0.1, 0.15) is 17.1 Å². The maximum absolute atomic E-state index is 12.1. The summed E-state index contributed by atoms with van der Waals surface area (Å²) in [7, 11) is 1.56. The highest BCUT2D eigenvalue weighted by Crippen LogP contribution is 2.26. The van der Waals surface area contributed by atoms with E-state index in [2.05, 4.69) is 9.72 Å². The van der Waals surface area contributed by atoms with Gasteiger partial charge in [-0.2, -0.15) is 0 Å². The molecule has 0 unspecified atom stereocenters. The highest BCUT2D eigenvalue weighted by atomic mass is 19.4. The van der Waals surface area contributed by atoms with Crippen molar-refractivity contribution in [3.63, 3.8) is 0 Å². The van der Waals surface area contributed by atoms with Gasteiger partial charge in [0.25, 0.3) is 0 Å². The third-order valence-corrected chi connectivity index (χ3v) is 3.05. The second-order valence-corrected chi connectivity index (χ2v) is 4.53. The number of hydrogen-bond acceptors (Lipinski definition) is 3. The topological polar surface area (TPSA) is 35.8 Å². The lowest BCUT2D eigenvalue weighted by Crippen LogP contribution is -2.16. The molecule has 7 heteroatoms. The van der Waals surface area contributed by atoms with Crippen molar-refractivity contribution in [1.29, 1.82) is 0 Å². The molecule has 0 fully saturated rings. The average Bonchev–Trinajstić information content (AvgIpc) is 2.89. The molecule has 0 bridgehead atoms. The Hall–Kier alpha value is -2.70. The van der Waals surface area contributed by atoms with Crippen LogP contribution in [0.15, 0.2) is 48.8 Å². The van der Waals surface area contributed by atoms with Gasteiger partial charge in [-0.25, -0.2) is 4.98 Å². The summed E-state index contributed by atoms with van der Waals surface area (Å²) in [5, 5.41) is 0. The minimum atomic E-state index is -4.69. The van der Waals surface area contributed by atoms with Gasteiger partial charge in [-0.1, -0.05) is 0 Å². The standard InChI is InChI=1S/C15H11F3N2O2/c1-21-12-6-7-20-9-13(19-14(20)8-12)10-2-4-11(5-3-10)22-15(16,17)18/h2-9H,1H3. The number of pyridine rings is 1. The van der Waals surface area contributed by atoms with Gasteiger partial charge in [0.05, 0.1) is 12.8 Å². The number of nitrogens with zero attached hydrogens (tertiary/aromatic N) is 2. The van der Waals surface area contributed by atoms with Crippen molar-refractivity contribution in [2.45, 2.75) is 6.36 Å². The summed E-state index contributed by atoms with van der Waals surface area (Å²) in [5.74, 6) is 0.417. The van der Waals surface area contributed by atoms with Crippen molar-refractivity contribution in [3.8, 4) is 22.8 Å². The van der Waals surface area contributed by atoms with E-state index >= 15 is 0 Å². The van der Waals surface area contributed by atoms with Crippen molar-refractivity contribution in [2.75, 3.05) is 7.11 Å². The van der Waals surface area contributed by atoms with Crippen LogP contribution in [0.3, 0.4) is 0 Å². The van der Waals surface area contributed by atoms with Crippen LogP contribution in [0.5, 0.6) is 11.5 Å². The maximum atomic E-state index is 12.1. The molecule has 2 aromatic heterocycles. The molecule has 2 heterocycles. The molecule has 4 nitrogen and oxygen atoms in total. The SMILES string of the molecule is COc1ccn2cc(-c3ccc(OC(F)(F)F)cc3)nc2c1. The van der Waals surface area contributed by atoms with Gasteiger partial charge in [-0.15, -0.1) is 13.2 Å². The van der Waals surface area contributed by atoms with Gasteiger partial charge in [0, 0.05) is 24.0 Å². The molecule has 3 rings (SSSR count). The fourth-order valence-electron chi connectivity index (χ4n) is 2.06. The van der Waals surface area contributed by atoms with Gasteiger partial charge >= 0.3 is 6.36 Å². The van der Waals surface area contributed by atoms with E-state index in [4.69, 9.17) is 4.74 Å². The van der Waals surface area contributed by atoms with Crippen molar-refractivity contribution in [1.82, 2.24) is 9.38 Å². The molecule has 0 aliphatic heterocycles. The van der Waals surface area contributed by atoms with Gasteiger partial charge in [-0.3, -0.25) is 0 Å². The highest BCUT2D eigenvalue weighted by Gasteiger charge is 2.30. The first-order chi connectivity index (χ1) is 10.4. The van der Waals surface area contributed by atoms with E-state index in [-0.39, 0.29) is 5.75 Å². The molecular weight excluding hydrogens is 297 g/mol. The van der Waals surface area contributed by atoms with E-state index in [1.165, 1.54) is 24.3 Å². The molecule has 0 aliphatic carbocycles. The normalized spacial score (nSPS) is 11.6. The molecule has 0 spiro atoms. The monoisotopic (exact) mass is 308 g/mol. The van der Waals surface area contributed by atoms with Crippen LogP contribution in [0.25, 0.3) is 16.9 Å². The van der Waals surface area contributed by atoms with Crippen LogP contribution in [0.1, 0.15) is 0 Å². The number of methoxy groups -OCH3 is 1. The summed E-state index contributed by atoms with van der Waals surface area (Å²) in [5.41, 5.74) is 2.02. The second-order valence-electron chi connectivity index (χ2n) is 4.53. The molecule has 0 atom stereocenters. The zero-order valence-corrected chi connectivity index (χ0v) is 11.5. The molecule has 0 N–H and O–H groups in total. The maximum Gasteiger partial charge on any atom is 0.573 e. The van der Waals surface area contributed by atoms with Crippen molar-refractivity contribution >= 4 is 5.65 Å². The third kappa shape index (κ3) is 2.98. The van der Waals surface area contributed by atoms with E-state index < -0.39 is 6.36 Å². The summed E-state index contributed by atoms with van der Waals surface area (Å²) in [6.45, 7) is 0. The fraction of sp³-hybridized carbons (Fsp3) is 0.133. The Morgan fingerprint density at radius 2 is 1.77 bits per heavy atom. The number of hydrogen-bond donors (Lipinski definition) is 0. The zero-order valence-electron chi connectivity index (χ0n) is 11.5. The predicted molar refractivity (Wildman–Crippen MR) is 73.9 cm³/mol. The Morgan fingerprint density at radius 1 is 1.05 bits per heavy atom. The number of benzene rings is 1. The highest BCUT2D eigenvalue weighted by molar-refractivity contribution is 5.64. The van der Waals surface area contributed by atoms with Crippen LogP contribution in [0.2, 0.25) is 0 Å². The predicted octanol–water partition coefficient (Wildman–Crippen LogP) is 3.91. The summed E-state index contributed by atoms with van der Waals surface area (Å²) < 4.78 is 47.1. The van der Waals surface area contributed by atoms with Crippen molar-refractivity contribution in [3.05, 3.63) is 48.8 Å². The largest absolute Gasteiger partial charge is 0.573 e. The van der Waals surface area contributed by atoms with Crippen LogP contribution >= 0.6 is 0 Å². The lowest BCUT2D eigenvalue weighted by molar-refractivity contribution is -0.274. The summed E-state index contributed by atoms with van der Waals surface area (Å²) >= 11 is 0. The first kappa shape index (κ1) is 14.2. The summed E-state index contributed by atoms with van der Waals surface area (Å²) in [6, 6.07) is 9.13. The number of ether oxygens (including phenoxy) is 2. The molecule has 0 saturated heterocycles. The van der Waals surface area contributed by atoms with E-state index in [0.717, 1.165) is 0 Å². The number of rotatable bonds is 3. The molecule has 0 radical (unpaired) electrons. The lowest BCUT2D eigenvalue weighted by Gasteiger charge is -2.08. The van der Waals surface area contributed by atoms with E-state index in [1.807, 2.05) is 0 Å². The fourth-order valence-corrected chi connectivity index (χ4v) is 2.06. The third-order valence-electron chi connectivity index (χ3n) is 3.05. The van der Waals surface area contributed by atoms with Crippen LogP contribution < -0.4 is 9.47 Å². The summed E-state index contributed by atoms with van der Waals surface area (Å²) in [4.78, 5) is 4.42. The average molecular weight is 308 g/mol. The van der Waals surface area contributed by atoms with Gasteiger partial charge in [0.2, 0.25) is 0 Å². The van der Waals surface area contributed by atoms with Crippen molar-refractivity contribution < 1.29 is 22.6 Å². The molecule has 3 aromatic rings. The minimum absolute atomic E-state index is 0.262. The van der Waals surface area contributed by atoms with Crippen LogP contribution in [-0.2, 0) is 0 Å². The number of aromatic nitrogens is 2. The Morgan fingerprint density at radius 3 is 2.41 bits per heavy atom. The zero-order chi connectivity index (χ0) is 15.7. The van der Waals surface area contributed by atoms with E-state index in [1.54, 1.807) is 36.0 Å². The van der Waals surface area contributed by atoms with E-state index in [9.17, 15) is 13.2 Å². The van der Waals surface area contributed by atoms with Gasteiger partial charge < -0.3 is 13.9 Å². The number of halogens is 3. The summed E-state index contributed by atoms with van der Waals surface area (Å²) in [6.07, 6.45) is -1.11. The molecule has 0 aliphatic rings. The van der Waals surface area contributed by atoms with Gasteiger partial charge in [0.15, 0.2) is 0 Å². The molecule has 114 valence electrons. The number of alkyl halides is 3. The Balaban J connectivity index is 1.90. The molecule has 22 heavy (non-hydrogen) atoms. The minimum Gasteiger partial charge on any atom is -0.497 e. The van der Waals surface area contributed by atoms with Gasteiger partial charge in [-0.05, 0) is 30.3 Å². The van der Waals surface area contributed by atoms with Crippen LogP contribution in [0, 0.1) is 0 Å². The van der Waals surface area contributed by atoms with Crippen molar-refractivity contribution in [2.24, 2.45) is 0 Å². The molecule has 0 amide bonds. The first-order valence-corrected chi connectivity index (χ1v) is 6.33.